The van der Waals surface area contributed by atoms with Gasteiger partial charge < -0.3 is 10.8 Å². The summed E-state index contributed by atoms with van der Waals surface area (Å²) in [5.41, 5.74) is 12.2. The summed E-state index contributed by atoms with van der Waals surface area (Å²) in [4.78, 5) is 17.7. The average molecular weight is 454 g/mol. The van der Waals surface area contributed by atoms with Gasteiger partial charge in [-0.05, 0) is 53.3 Å². The maximum atomic E-state index is 11.3. The highest BCUT2D eigenvalue weighted by Crippen LogP contribution is 2.23. The molecule has 0 unspecified atom stereocenters. The molecule has 1 saturated heterocycles. The summed E-state index contributed by atoms with van der Waals surface area (Å²) in [6.07, 6.45) is 0.662. The van der Waals surface area contributed by atoms with E-state index in [0.29, 0.717) is 5.82 Å². The summed E-state index contributed by atoms with van der Waals surface area (Å²) in [5, 5.41) is 13.6. The van der Waals surface area contributed by atoms with E-state index in [-0.39, 0.29) is 11.9 Å². The molecule has 0 saturated carbocycles. The first-order valence-corrected chi connectivity index (χ1v) is 11.4. The van der Waals surface area contributed by atoms with E-state index >= 15 is 0 Å². The predicted molar refractivity (Wildman–Crippen MR) is 131 cm³/mol. The number of benzene rings is 3. The molecule has 1 amide bonds. The van der Waals surface area contributed by atoms with Crippen molar-refractivity contribution in [1.29, 1.82) is 0 Å². The Balaban J connectivity index is 1.22. The summed E-state index contributed by atoms with van der Waals surface area (Å²) < 4.78 is 1.62. The number of aryl methyl sites for hydroxylation is 1. The highest BCUT2D eigenvalue weighted by molar-refractivity contribution is 5.88. The molecule has 1 fully saturated rings. The lowest BCUT2D eigenvalue weighted by Gasteiger charge is -2.35. The van der Waals surface area contributed by atoms with Gasteiger partial charge >= 0.3 is 0 Å². The van der Waals surface area contributed by atoms with Crippen molar-refractivity contribution in [3.05, 3.63) is 101 Å². The normalized spacial score (nSPS) is 14.2. The Bertz CT molecular complexity index is 1290. The van der Waals surface area contributed by atoms with Gasteiger partial charge in [0.1, 0.15) is 5.82 Å². The fourth-order valence-electron chi connectivity index (χ4n) is 4.28. The maximum Gasteiger partial charge on any atom is 0.288 e. The van der Waals surface area contributed by atoms with E-state index in [1.54, 1.807) is 11.6 Å². The van der Waals surface area contributed by atoms with Crippen LogP contribution in [0.25, 0.3) is 16.8 Å². The van der Waals surface area contributed by atoms with Crippen LogP contribution in [0.4, 0.5) is 0 Å². The molecule has 34 heavy (non-hydrogen) atoms. The maximum absolute atomic E-state index is 11.3. The number of β-amino-alcohol motifs (C(OH)–C–C–N with tert-alkyl or cyclic N) is 1. The molecule has 2 heterocycles. The summed E-state index contributed by atoms with van der Waals surface area (Å²) in [6, 6.07) is 25.4. The molecule has 0 aliphatic carbocycles. The summed E-state index contributed by atoms with van der Waals surface area (Å²) in [5.74, 6) is 0.00192. The number of hydrogen-bond acceptors (Lipinski definition) is 5. The van der Waals surface area contributed by atoms with Gasteiger partial charge in [-0.25, -0.2) is 9.67 Å². The lowest BCUT2D eigenvalue weighted by atomic mass is 9.99. The van der Waals surface area contributed by atoms with Gasteiger partial charge in [-0.15, -0.1) is 5.10 Å². The number of amides is 1. The monoisotopic (exact) mass is 453 g/mol. The number of nitrogens with zero attached hydrogens (tertiary/aromatic N) is 4. The molecule has 0 spiro atoms. The highest BCUT2D eigenvalue weighted by Gasteiger charge is 2.23. The predicted octanol–water partition coefficient (Wildman–Crippen LogP) is 3.11. The van der Waals surface area contributed by atoms with Crippen LogP contribution in [0.1, 0.15) is 33.1 Å². The zero-order valence-electron chi connectivity index (χ0n) is 19.1. The molecule has 4 aromatic rings. The molecule has 5 rings (SSSR count). The molecular weight excluding hydrogens is 426 g/mol. The van der Waals surface area contributed by atoms with Crippen molar-refractivity contribution in [2.75, 3.05) is 13.1 Å². The number of carbonyl (C=O) groups is 1. The van der Waals surface area contributed by atoms with Crippen molar-refractivity contribution >= 4 is 5.91 Å². The third-order valence-electron chi connectivity index (χ3n) is 6.16. The van der Waals surface area contributed by atoms with E-state index in [0.717, 1.165) is 31.7 Å². The number of aliphatic hydroxyl groups is 1. The van der Waals surface area contributed by atoms with Crippen molar-refractivity contribution in [3.8, 4) is 16.8 Å². The highest BCUT2D eigenvalue weighted by atomic mass is 16.3. The van der Waals surface area contributed by atoms with Crippen molar-refractivity contribution in [2.45, 2.75) is 26.0 Å². The molecule has 0 bridgehead atoms. The SMILES string of the molecule is Cc1nc(C(N)=O)nn1-c1ccc(Cc2ccc(-c3ccc(CN4CC(O)C4)cc3)cc2)cc1. The van der Waals surface area contributed by atoms with Crippen molar-refractivity contribution in [1.82, 2.24) is 19.7 Å². The number of likely N-dealkylation sites (tertiary alicyclic amines) is 1. The van der Waals surface area contributed by atoms with Crippen LogP contribution in [-0.2, 0) is 13.0 Å². The number of carbonyl (C=O) groups excluding carboxylic acids is 1. The molecular formula is C27H27N5O2. The van der Waals surface area contributed by atoms with Crippen LogP contribution in [0.2, 0.25) is 0 Å². The van der Waals surface area contributed by atoms with Gasteiger partial charge in [-0.1, -0.05) is 60.7 Å². The van der Waals surface area contributed by atoms with Crippen LogP contribution in [0, 0.1) is 6.92 Å². The Morgan fingerprint density at radius 3 is 1.94 bits per heavy atom. The molecule has 7 nitrogen and oxygen atoms in total. The summed E-state index contributed by atoms with van der Waals surface area (Å²) >= 11 is 0. The van der Waals surface area contributed by atoms with E-state index in [1.807, 2.05) is 12.1 Å². The van der Waals surface area contributed by atoms with Crippen molar-refractivity contribution < 1.29 is 9.90 Å². The van der Waals surface area contributed by atoms with Gasteiger partial charge in [0.25, 0.3) is 5.91 Å². The molecule has 0 radical (unpaired) electrons. The van der Waals surface area contributed by atoms with Crippen molar-refractivity contribution in [2.24, 2.45) is 5.73 Å². The minimum atomic E-state index is -0.634. The molecule has 1 aliphatic heterocycles. The van der Waals surface area contributed by atoms with Crippen LogP contribution in [0.3, 0.4) is 0 Å². The molecule has 7 heteroatoms. The zero-order chi connectivity index (χ0) is 23.7. The molecule has 3 N–H and O–H groups in total. The smallest absolute Gasteiger partial charge is 0.288 e. The Kier molecular flexibility index (Phi) is 5.96. The molecule has 1 aromatic heterocycles. The minimum absolute atomic E-state index is 0.0206. The van der Waals surface area contributed by atoms with Gasteiger partial charge in [-0.2, -0.15) is 0 Å². The third-order valence-corrected chi connectivity index (χ3v) is 6.16. The van der Waals surface area contributed by atoms with Crippen LogP contribution >= 0.6 is 0 Å². The number of hydrogen-bond donors (Lipinski definition) is 2. The molecule has 0 atom stereocenters. The second-order valence-corrected chi connectivity index (χ2v) is 8.84. The topological polar surface area (TPSA) is 97.3 Å². The number of aliphatic hydroxyl groups excluding tert-OH is 1. The molecule has 3 aromatic carbocycles. The first-order valence-electron chi connectivity index (χ1n) is 11.4. The number of aromatic nitrogens is 3. The van der Waals surface area contributed by atoms with Crippen LogP contribution in [0.15, 0.2) is 72.8 Å². The standard InChI is InChI=1S/C27H27N5O2/c1-18-29-27(26(28)34)30-32(18)24-12-6-20(7-13-24)14-19-2-8-22(9-3-19)23-10-4-21(5-11-23)15-31-16-25(33)17-31/h2-13,25,33H,14-17H2,1H3,(H2,28,34). The van der Waals surface area contributed by atoms with E-state index in [1.165, 1.54) is 27.8 Å². The lowest BCUT2D eigenvalue weighted by Crippen LogP contribution is -2.49. The fourth-order valence-corrected chi connectivity index (χ4v) is 4.28. The minimum Gasteiger partial charge on any atom is -0.390 e. The largest absolute Gasteiger partial charge is 0.390 e. The van der Waals surface area contributed by atoms with Gasteiger partial charge in [0.2, 0.25) is 5.82 Å². The number of nitrogens with two attached hydrogens (primary N) is 1. The van der Waals surface area contributed by atoms with E-state index in [9.17, 15) is 9.90 Å². The van der Waals surface area contributed by atoms with Gasteiger partial charge in [0.05, 0.1) is 11.8 Å². The average Bonchev–Trinajstić information content (AvgIpc) is 3.22. The Hall–Kier alpha value is -3.81. The van der Waals surface area contributed by atoms with Gasteiger partial charge in [-0.3, -0.25) is 9.69 Å². The zero-order valence-corrected chi connectivity index (χ0v) is 19.1. The molecule has 172 valence electrons. The quantitative estimate of drug-likeness (QED) is 0.448. The Morgan fingerprint density at radius 1 is 0.912 bits per heavy atom. The van der Waals surface area contributed by atoms with E-state index in [4.69, 9.17) is 5.73 Å². The molecule has 1 aliphatic rings. The Labute approximate surface area is 198 Å². The number of rotatable bonds is 7. The first-order chi connectivity index (χ1) is 16.4. The van der Waals surface area contributed by atoms with Crippen LogP contribution in [-0.4, -0.2) is 49.9 Å². The number of primary amides is 1. The van der Waals surface area contributed by atoms with Crippen LogP contribution < -0.4 is 5.73 Å². The summed E-state index contributed by atoms with van der Waals surface area (Å²) in [7, 11) is 0. The fraction of sp³-hybridized carbons (Fsp3) is 0.222. The third kappa shape index (κ3) is 4.76. The Morgan fingerprint density at radius 2 is 1.44 bits per heavy atom. The first kappa shape index (κ1) is 22.0. The van der Waals surface area contributed by atoms with E-state index < -0.39 is 5.91 Å². The van der Waals surface area contributed by atoms with Gasteiger partial charge in [0, 0.05) is 19.6 Å². The second-order valence-electron chi connectivity index (χ2n) is 8.84. The summed E-state index contributed by atoms with van der Waals surface area (Å²) in [6.45, 7) is 4.21. The van der Waals surface area contributed by atoms with Crippen LogP contribution in [0.5, 0.6) is 0 Å². The van der Waals surface area contributed by atoms with Gasteiger partial charge in [0.15, 0.2) is 0 Å². The van der Waals surface area contributed by atoms with E-state index in [2.05, 4.69) is 75.6 Å². The van der Waals surface area contributed by atoms with Crippen molar-refractivity contribution in [3.63, 3.8) is 0 Å². The lowest BCUT2D eigenvalue weighted by molar-refractivity contribution is -0.00286. The second kappa shape index (κ2) is 9.21.